The Bertz CT molecular complexity index is 396. The molecule has 1 aromatic rings. The number of aryl methyl sites for hydroxylation is 1. The number of pyridine rings is 1. The number of ether oxygens (including phenoxy) is 1. The maximum Gasteiger partial charge on any atom is 0.128 e. The number of nitrogens with zero attached hydrogens (tertiary/aromatic N) is 1. The Morgan fingerprint density at radius 2 is 2.16 bits per heavy atom. The van der Waals surface area contributed by atoms with Crippen molar-refractivity contribution in [1.29, 1.82) is 0 Å². The monoisotopic (exact) mass is 282 g/mol. The summed E-state index contributed by atoms with van der Waals surface area (Å²) in [6.07, 6.45) is 4.10. The molecule has 0 radical (unpaired) electrons. The highest BCUT2D eigenvalue weighted by atomic mass is 32.2. The van der Waals surface area contributed by atoms with Crippen molar-refractivity contribution in [2.75, 3.05) is 25.7 Å². The van der Waals surface area contributed by atoms with E-state index >= 15 is 0 Å². The lowest BCUT2D eigenvalue weighted by molar-refractivity contribution is 0.406. The standard InChI is InChI=1S/C15H26N2OS/c1-6-7-19-10-13(16-4)8-14-12(3)15(18-5)11(2)9-17-14/h9,13,16H,6-8,10H2,1-5H3. The number of hydrogen-bond donors (Lipinski definition) is 1. The van der Waals surface area contributed by atoms with Crippen LogP contribution >= 0.6 is 11.8 Å². The van der Waals surface area contributed by atoms with E-state index in [0.29, 0.717) is 6.04 Å². The van der Waals surface area contributed by atoms with Crippen LogP contribution in [-0.2, 0) is 6.42 Å². The van der Waals surface area contributed by atoms with Crippen molar-refractivity contribution in [3.63, 3.8) is 0 Å². The van der Waals surface area contributed by atoms with Crippen LogP contribution in [0.25, 0.3) is 0 Å². The number of nitrogens with one attached hydrogen (secondary N) is 1. The molecule has 0 saturated carbocycles. The summed E-state index contributed by atoms with van der Waals surface area (Å²) in [6, 6.07) is 0.468. The SMILES string of the molecule is CCCSCC(Cc1ncc(C)c(OC)c1C)NC. The van der Waals surface area contributed by atoms with E-state index in [0.717, 1.165) is 29.2 Å². The molecule has 4 heteroatoms. The fourth-order valence-corrected chi connectivity index (χ4v) is 3.15. The van der Waals surface area contributed by atoms with Gasteiger partial charge in [-0.25, -0.2) is 0 Å². The summed E-state index contributed by atoms with van der Waals surface area (Å²) in [7, 11) is 3.75. The summed E-state index contributed by atoms with van der Waals surface area (Å²) >= 11 is 2.00. The Balaban J connectivity index is 2.74. The largest absolute Gasteiger partial charge is 0.496 e. The normalized spacial score (nSPS) is 12.5. The second-order valence-electron chi connectivity index (χ2n) is 4.81. The molecule has 0 aliphatic rings. The van der Waals surface area contributed by atoms with Crippen molar-refractivity contribution in [2.45, 2.75) is 39.7 Å². The first-order chi connectivity index (χ1) is 9.13. The van der Waals surface area contributed by atoms with Gasteiger partial charge in [-0.1, -0.05) is 6.92 Å². The molecular weight excluding hydrogens is 256 g/mol. The Morgan fingerprint density at radius 3 is 2.74 bits per heavy atom. The average molecular weight is 282 g/mol. The minimum absolute atomic E-state index is 0.468. The molecule has 3 nitrogen and oxygen atoms in total. The summed E-state index contributed by atoms with van der Waals surface area (Å²) < 4.78 is 5.46. The van der Waals surface area contributed by atoms with Gasteiger partial charge in [-0.2, -0.15) is 11.8 Å². The number of rotatable bonds is 8. The van der Waals surface area contributed by atoms with Crippen LogP contribution in [0.2, 0.25) is 0 Å². The van der Waals surface area contributed by atoms with Gasteiger partial charge in [0.15, 0.2) is 0 Å². The molecule has 0 aromatic carbocycles. The Morgan fingerprint density at radius 1 is 1.42 bits per heavy atom. The van der Waals surface area contributed by atoms with Gasteiger partial charge in [-0.3, -0.25) is 4.98 Å². The van der Waals surface area contributed by atoms with E-state index in [-0.39, 0.29) is 0 Å². The molecule has 0 amide bonds. The van der Waals surface area contributed by atoms with E-state index in [2.05, 4.69) is 24.1 Å². The molecule has 0 bridgehead atoms. The molecule has 1 unspecified atom stereocenters. The summed E-state index contributed by atoms with van der Waals surface area (Å²) in [5.41, 5.74) is 3.41. The molecular formula is C15H26N2OS. The first-order valence-corrected chi connectivity index (χ1v) is 8.03. The van der Waals surface area contributed by atoms with Crippen molar-refractivity contribution in [2.24, 2.45) is 0 Å². The zero-order valence-electron chi connectivity index (χ0n) is 12.7. The zero-order chi connectivity index (χ0) is 14.3. The maximum absolute atomic E-state index is 5.46. The van der Waals surface area contributed by atoms with E-state index in [9.17, 15) is 0 Å². The van der Waals surface area contributed by atoms with Gasteiger partial charge < -0.3 is 10.1 Å². The lowest BCUT2D eigenvalue weighted by Crippen LogP contribution is -2.31. The Labute approximate surface area is 121 Å². The Kier molecular flexibility index (Phi) is 7.24. The molecule has 0 aliphatic heterocycles. The van der Waals surface area contributed by atoms with Crippen LogP contribution in [0.5, 0.6) is 5.75 Å². The van der Waals surface area contributed by atoms with Crippen LogP contribution < -0.4 is 10.1 Å². The summed E-state index contributed by atoms with van der Waals surface area (Å²) in [5, 5.41) is 3.39. The highest BCUT2D eigenvalue weighted by Crippen LogP contribution is 2.25. The van der Waals surface area contributed by atoms with E-state index < -0.39 is 0 Å². The molecule has 1 heterocycles. The predicted octanol–water partition coefficient (Wildman–Crippen LogP) is 2.98. The molecule has 108 valence electrons. The molecule has 1 rings (SSSR count). The van der Waals surface area contributed by atoms with Gasteiger partial charge in [0, 0.05) is 41.2 Å². The molecule has 19 heavy (non-hydrogen) atoms. The number of aromatic nitrogens is 1. The molecule has 0 spiro atoms. The van der Waals surface area contributed by atoms with Crippen LogP contribution in [-0.4, -0.2) is 36.7 Å². The second-order valence-corrected chi connectivity index (χ2v) is 5.96. The van der Waals surface area contributed by atoms with Gasteiger partial charge in [0.2, 0.25) is 0 Å². The zero-order valence-corrected chi connectivity index (χ0v) is 13.6. The maximum atomic E-state index is 5.46. The van der Waals surface area contributed by atoms with Crippen molar-refractivity contribution >= 4 is 11.8 Å². The third-order valence-corrected chi connectivity index (χ3v) is 4.60. The van der Waals surface area contributed by atoms with E-state index in [1.54, 1.807) is 7.11 Å². The number of methoxy groups -OCH3 is 1. The summed E-state index contributed by atoms with van der Waals surface area (Å²) in [4.78, 5) is 4.57. The van der Waals surface area contributed by atoms with Gasteiger partial charge in [0.25, 0.3) is 0 Å². The molecule has 0 saturated heterocycles. The van der Waals surface area contributed by atoms with Crippen molar-refractivity contribution in [3.05, 3.63) is 23.0 Å². The van der Waals surface area contributed by atoms with Gasteiger partial charge in [0.05, 0.1) is 7.11 Å². The van der Waals surface area contributed by atoms with E-state index in [1.165, 1.54) is 17.7 Å². The number of likely N-dealkylation sites (N-methyl/N-ethyl adjacent to an activating group) is 1. The quantitative estimate of drug-likeness (QED) is 0.743. The van der Waals surface area contributed by atoms with Crippen LogP contribution in [0.4, 0.5) is 0 Å². The lowest BCUT2D eigenvalue weighted by atomic mass is 10.1. The van der Waals surface area contributed by atoms with Gasteiger partial charge in [-0.05, 0) is 33.1 Å². The van der Waals surface area contributed by atoms with Gasteiger partial charge in [0.1, 0.15) is 5.75 Å². The Hall–Kier alpha value is -0.740. The van der Waals surface area contributed by atoms with Gasteiger partial charge >= 0.3 is 0 Å². The fraction of sp³-hybridized carbons (Fsp3) is 0.667. The predicted molar refractivity (Wildman–Crippen MR) is 84.4 cm³/mol. The molecule has 1 N–H and O–H groups in total. The van der Waals surface area contributed by atoms with E-state index in [1.807, 2.05) is 31.9 Å². The molecule has 1 atom stereocenters. The summed E-state index contributed by atoms with van der Waals surface area (Å²) in [6.45, 7) is 6.35. The van der Waals surface area contributed by atoms with Crippen LogP contribution in [0, 0.1) is 13.8 Å². The van der Waals surface area contributed by atoms with Crippen LogP contribution in [0.3, 0.4) is 0 Å². The highest BCUT2D eigenvalue weighted by Gasteiger charge is 2.14. The third-order valence-electron chi connectivity index (χ3n) is 3.27. The second kappa shape index (κ2) is 8.43. The van der Waals surface area contributed by atoms with Crippen molar-refractivity contribution in [3.8, 4) is 5.75 Å². The summed E-state index contributed by atoms with van der Waals surface area (Å²) in [5.74, 6) is 3.32. The lowest BCUT2D eigenvalue weighted by Gasteiger charge is -2.18. The fourth-order valence-electron chi connectivity index (χ4n) is 2.12. The topological polar surface area (TPSA) is 34.1 Å². The first-order valence-electron chi connectivity index (χ1n) is 6.88. The van der Waals surface area contributed by atoms with Gasteiger partial charge in [-0.15, -0.1) is 0 Å². The van der Waals surface area contributed by atoms with Crippen LogP contribution in [0.1, 0.15) is 30.2 Å². The third kappa shape index (κ3) is 4.69. The van der Waals surface area contributed by atoms with Crippen LogP contribution in [0.15, 0.2) is 6.20 Å². The smallest absolute Gasteiger partial charge is 0.128 e. The molecule has 0 aliphatic carbocycles. The molecule has 1 aromatic heterocycles. The average Bonchev–Trinajstić information content (AvgIpc) is 2.41. The molecule has 0 fully saturated rings. The first kappa shape index (κ1) is 16.3. The van der Waals surface area contributed by atoms with Crippen molar-refractivity contribution < 1.29 is 4.74 Å². The number of hydrogen-bond acceptors (Lipinski definition) is 4. The van der Waals surface area contributed by atoms with E-state index in [4.69, 9.17) is 4.74 Å². The highest BCUT2D eigenvalue weighted by molar-refractivity contribution is 7.99. The minimum Gasteiger partial charge on any atom is -0.496 e. The number of thioether (sulfide) groups is 1. The van der Waals surface area contributed by atoms with Crippen molar-refractivity contribution in [1.82, 2.24) is 10.3 Å². The minimum atomic E-state index is 0.468.